The third-order valence-corrected chi connectivity index (χ3v) is 3.56. The number of hydrogen-bond donors (Lipinski definition) is 1. The average molecular weight is 225 g/mol. The Balaban J connectivity index is 2.50. The lowest BCUT2D eigenvalue weighted by Crippen LogP contribution is -2.06. The zero-order valence-electron chi connectivity index (χ0n) is 9.44. The van der Waals surface area contributed by atoms with Gasteiger partial charge in [0.25, 0.3) is 0 Å². The molecule has 0 aliphatic carbocycles. The van der Waals surface area contributed by atoms with Crippen LogP contribution in [0.1, 0.15) is 31.8 Å². The summed E-state index contributed by atoms with van der Waals surface area (Å²) in [6, 6.07) is 1.93. The van der Waals surface area contributed by atoms with Crippen LogP contribution in [0.3, 0.4) is 0 Å². The molecule has 0 fully saturated rings. The quantitative estimate of drug-likeness (QED) is 0.804. The molecule has 1 unspecified atom stereocenters. The smallest absolute Gasteiger partial charge is 0.138 e. The predicted octanol–water partition coefficient (Wildman–Crippen LogP) is 2.01. The predicted molar refractivity (Wildman–Crippen MR) is 65.8 cm³/mol. The van der Waals surface area contributed by atoms with E-state index in [0.717, 1.165) is 23.7 Å². The van der Waals surface area contributed by atoms with Gasteiger partial charge in [-0.15, -0.1) is 0 Å². The first kappa shape index (κ1) is 12.5. The van der Waals surface area contributed by atoms with Crippen LogP contribution < -0.4 is 5.73 Å². The molecule has 1 aromatic heterocycles. The average Bonchev–Trinajstić information content (AvgIpc) is 2.27. The molecule has 1 rings (SSSR count). The number of aromatic nitrogens is 2. The maximum atomic E-state index is 5.49. The molecule has 0 aliphatic rings. The minimum Gasteiger partial charge on any atom is -0.330 e. The second-order valence-electron chi connectivity index (χ2n) is 3.53. The standard InChI is InChI=1S/C11H19N3S/c1-3-9(2)15-8-11-13-7-5-10(14-11)4-6-12/h5,7,9H,3-4,6,8,12H2,1-2H3. The van der Waals surface area contributed by atoms with Gasteiger partial charge in [-0.1, -0.05) is 13.8 Å². The van der Waals surface area contributed by atoms with Gasteiger partial charge in [0.1, 0.15) is 5.82 Å². The van der Waals surface area contributed by atoms with Crippen LogP contribution in [-0.2, 0) is 12.2 Å². The molecule has 0 aromatic carbocycles. The molecular formula is C11H19N3S. The Hall–Kier alpha value is -0.610. The molecule has 0 spiro atoms. The van der Waals surface area contributed by atoms with Crippen molar-refractivity contribution in [3.63, 3.8) is 0 Å². The Bertz CT molecular complexity index is 291. The molecule has 0 bridgehead atoms. The molecule has 1 heterocycles. The van der Waals surface area contributed by atoms with E-state index >= 15 is 0 Å². The third kappa shape index (κ3) is 4.62. The number of rotatable bonds is 6. The highest BCUT2D eigenvalue weighted by molar-refractivity contribution is 7.99. The molecule has 4 heteroatoms. The summed E-state index contributed by atoms with van der Waals surface area (Å²) in [5, 5.41) is 0.673. The van der Waals surface area contributed by atoms with Crippen molar-refractivity contribution in [3.05, 3.63) is 23.8 Å². The summed E-state index contributed by atoms with van der Waals surface area (Å²) in [7, 11) is 0. The molecule has 0 radical (unpaired) electrons. The van der Waals surface area contributed by atoms with Gasteiger partial charge in [0.2, 0.25) is 0 Å². The Kier molecular flexibility index (Phi) is 5.65. The van der Waals surface area contributed by atoms with Crippen LogP contribution in [0.2, 0.25) is 0 Å². The summed E-state index contributed by atoms with van der Waals surface area (Å²) in [5.74, 6) is 1.82. The number of nitrogens with zero attached hydrogens (tertiary/aromatic N) is 2. The first-order valence-electron chi connectivity index (χ1n) is 5.38. The highest BCUT2D eigenvalue weighted by Crippen LogP contribution is 2.17. The summed E-state index contributed by atoms with van der Waals surface area (Å²) in [6.07, 6.45) is 3.85. The molecular weight excluding hydrogens is 206 g/mol. The van der Waals surface area contributed by atoms with Crippen LogP contribution in [0.25, 0.3) is 0 Å². The van der Waals surface area contributed by atoms with E-state index in [4.69, 9.17) is 5.73 Å². The Morgan fingerprint density at radius 2 is 2.33 bits per heavy atom. The molecule has 3 nitrogen and oxygen atoms in total. The van der Waals surface area contributed by atoms with Crippen molar-refractivity contribution in [2.24, 2.45) is 5.73 Å². The van der Waals surface area contributed by atoms with Crippen molar-refractivity contribution in [1.29, 1.82) is 0 Å². The van der Waals surface area contributed by atoms with E-state index in [1.165, 1.54) is 6.42 Å². The van der Waals surface area contributed by atoms with Crippen molar-refractivity contribution in [2.45, 2.75) is 37.7 Å². The lowest BCUT2D eigenvalue weighted by molar-refractivity contribution is 0.875. The fourth-order valence-corrected chi connectivity index (χ4v) is 1.94. The first-order chi connectivity index (χ1) is 7.26. The van der Waals surface area contributed by atoms with Gasteiger partial charge in [0.15, 0.2) is 0 Å². The SMILES string of the molecule is CCC(C)SCc1nccc(CCN)n1. The molecule has 0 saturated heterocycles. The number of thioether (sulfide) groups is 1. The fraction of sp³-hybridized carbons (Fsp3) is 0.636. The minimum atomic E-state index is 0.648. The van der Waals surface area contributed by atoms with Gasteiger partial charge in [-0.25, -0.2) is 9.97 Å². The van der Waals surface area contributed by atoms with Crippen LogP contribution in [0.5, 0.6) is 0 Å². The molecule has 1 aromatic rings. The van der Waals surface area contributed by atoms with Crippen LogP contribution >= 0.6 is 11.8 Å². The van der Waals surface area contributed by atoms with Gasteiger partial charge < -0.3 is 5.73 Å². The topological polar surface area (TPSA) is 51.8 Å². The van der Waals surface area contributed by atoms with E-state index in [0.29, 0.717) is 11.8 Å². The molecule has 15 heavy (non-hydrogen) atoms. The number of nitrogens with two attached hydrogens (primary N) is 1. The molecule has 0 amide bonds. The highest BCUT2D eigenvalue weighted by atomic mass is 32.2. The maximum Gasteiger partial charge on any atom is 0.138 e. The van der Waals surface area contributed by atoms with E-state index < -0.39 is 0 Å². The maximum absolute atomic E-state index is 5.49. The second kappa shape index (κ2) is 6.80. The largest absolute Gasteiger partial charge is 0.330 e. The number of hydrogen-bond acceptors (Lipinski definition) is 4. The van der Waals surface area contributed by atoms with E-state index in [-0.39, 0.29) is 0 Å². The van der Waals surface area contributed by atoms with Crippen LogP contribution in [-0.4, -0.2) is 21.8 Å². The summed E-state index contributed by atoms with van der Waals surface area (Å²) >= 11 is 1.90. The van der Waals surface area contributed by atoms with E-state index in [1.54, 1.807) is 0 Å². The zero-order chi connectivity index (χ0) is 11.1. The normalized spacial score (nSPS) is 12.7. The first-order valence-corrected chi connectivity index (χ1v) is 6.43. The summed E-state index contributed by atoms with van der Waals surface area (Å²) < 4.78 is 0. The molecule has 0 aliphatic heterocycles. The monoisotopic (exact) mass is 225 g/mol. The van der Waals surface area contributed by atoms with Gasteiger partial charge in [0.05, 0.1) is 5.75 Å². The van der Waals surface area contributed by atoms with Crippen molar-refractivity contribution in [2.75, 3.05) is 6.54 Å². The molecule has 0 saturated carbocycles. The molecule has 1 atom stereocenters. The van der Waals surface area contributed by atoms with Gasteiger partial charge in [-0.3, -0.25) is 0 Å². The van der Waals surface area contributed by atoms with Crippen LogP contribution in [0, 0.1) is 0 Å². The van der Waals surface area contributed by atoms with E-state index in [1.807, 2.05) is 24.0 Å². The van der Waals surface area contributed by atoms with Crippen molar-refractivity contribution in [1.82, 2.24) is 9.97 Å². The summed E-state index contributed by atoms with van der Waals surface area (Å²) in [6.45, 7) is 5.08. The summed E-state index contributed by atoms with van der Waals surface area (Å²) in [5.41, 5.74) is 6.54. The Labute approximate surface area is 95.9 Å². The van der Waals surface area contributed by atoms with Crippen molar-refractivity contribution >= 4 is 11.8 Å². The molecule has 84 valence electrons. The Morgan fingerprint density at radius 1 is 1.53 bits per heavy atom. The van der Waals surface area contributed by atoms with E-state index in [2.05, 4.69) is 23.8 Å². The summed E-state index contributed by atoms with van der Waals surface area (Å²) in [4.78, 5) is 8.71. The Morgan fingerprint density at radius 3 is 3.00 bits per heavy atom. The zero-order valence-corrected chi connectivity index (χ0v) is 10.3. The second-order valence-corrected chi connectivity index (χ2v) is 4.96. The fourth-order valence-electron chi connectivity index (χ4n) is 1.13. The lowest BCUT2D eigenvalue weighted by Gasteiger charge is -2.07. The van der Waals surface area contributed by atoms with Crippen LogP contribution in [0.15, 0.2) is 12.3 Å². The highest BCUT2D eigenvalue weighted by Gasteiger charge is 2.03. The van der Waals surface area contributed by atoms with Crippen molar-refractivity contribution in [3.8, 4) is 0 Å². The van der Waals surface area contributed by atoms with Gasteiger partial charge >= 0.3 is 0 Å². The third-order valence-electron chi connectivity index (χ3n) is 2.24. The van der Waals surface area contributed by atoms with Gasteiger partial charge in [0, 0.05) is 23.6 Å². The van der Waals surface area contributed by atoms with Gasteiger partial charge in [-0.2, -0.15) is 11.8 Å². The van der Waals surface area contributed by atoms with Crippen LogP contribution in [0.4, 0.5) is 0 Å². The van der Waals surface area contributed by atoms with Crippen molar-refractivity contribution < 1.29 is 0 Å². The minimum absolute atomic E-state index is 0.648. The molecule has 2 N–H and O–H groups in total. The lowest BCUT2D eigenvalue weighted by atomic mass is 10.3. The van der Waals surface area contributed by atoms with Gasteiger partial charge in [-0.05, 0) is 19.0 Å². The van der Waals surface area contributed by atoms with E-state index in [9.17, 15) is 0 Å².